The molecule has 1 amide bonds. The number of anilines is 1. The van der Waals surface area contributed by atoms with E-state index in [0.29, 0.717) is 16.5 Å². The molecule has 1 atom stereocenters. The predicted octanol–water partition coefficient (Wildman–Crippen LogP) is 2.64. The second-order valence-corrected chi connectivity index (χ2v) is 12.2. The SMILES string of the molecule is CCC(C(=O)NCCOc1ccc(S(=O)(=O)N(C)C)cc1)N(c1ccc(C)c(Cl)c1)S(C)(=O)=O. The van der Waals surface area contributed by atoms with Gasteiger partial charge in [0.2, 0.25) is 26.0 Å². The largest absolute Gasteiger partial charge is 0.492 e. The van der Waals surface area contributed by atoms with Crippen LogP contribution in [0.5, 0.6) is 5.75 Å². The van der Waals surface area contributed by atoms with Crippen LogP contribution in [0, 0.1) is 6.92 Å². The molecule has 0 aliphatic rings. The number of carbonyl (C=O) groups is 1. The highest BCUT2D eigenvalue weighted by molar-refractivity contribution is 7.92. The number of amides is 1. The molecule has 0 heterocycles. The fraction of sp³-hybridized carbons (Fsp3) is 0.409. The maximum atomic E-state index is 12.8. The molecule has 0 saturated carbocycles. The van der Waals surface area contributed by atoms with Crippen molar-refractivity contribution in [2.75, 3.05) is 37.8 Å². The molecule has 0 aliphatic heterocycles. The third kappa shape index (κ3) is 6.84. The second kappa shape index (κ2) is 11.4. The third-order valence-electron chi connectivity index (χ3n) is 5.01. The van der Waals surface area contributed by atoms with Gasteiger partial charge in [0.1, 0.15) is 18.4 Å². The minimum Gasteiger partial charge on any atom is -0.492 e. The maximum Gasteiger partial charge on any atom is 0.244 e. The molecule has 2 aromatic carbocycles. The Labute approximate surface area is 206 Å². The first-order valence-corrected chi connectivity index (χ1v) is 14.1. The van der Waals surface area contributed by atoms with E-state index in [4.69, 9.17) is 16.3 Å². The van der Waals surface area contributed by atoms with Crippen molar-refractivity contribution in [3.63, 3.8) is 0 Å². The van der Waals surface area contributed by atoms with E-state index < -0.39 is 32.0 Å². The van der Waals surface area contributed by atoms with Crippen LogP contribution in [0.15, 0.2) is 47.4 Å². The van der Waals surface area contributed by atoms with E-state index in [1.54, 1.807) is 26.0 Å². The Bertz CT molecular complexity index is 1220. The summed E-state index contributed by atoms with van der Waals surface area (Å²) in [5.74, 6) is -0.0355. The Balaban J connectivity index is 2.03. The monoisotopic (exact) mass is 531 g/mol. The van der Waals surface area contributed by atoms with E-state index in [0.717, 1.165) is 20.4 Å². The highest BCUT2D eigenvalue weighted by atomic mass is 35.5. The van der Waals surface area contributed by atoms with Crippen LogP contribution in [0.25, 0.3) is 0 Å². The number of nitrogens with one attached hydrogen (secondary N) is 1. The van der Waals surface area contributed by atoms with Crippen LogP contribution in [0.4, 0.5) is 5.69 Å². The van der Waals surface area contributed by atoms with Gasteiger partial charge in [-0.2, -0.15) is 0 Å². The minimum absolute atomic E-state index is 0.108. The van der Waals surface area contributed by atoms with Crippen molar-refractivity contribution < 1.29 is 26.4 Å². The first kappa shape index (κ1) is 27.9. The quantitative estimate of drug-likeness (QED) is 0.446. The lowest BCUT2D eigenvalue weighted by molar-refractivity contribution is -0.122. The molecule has 0 spiro atoms. The van der Waals surface area contributed by atoms with E-state index in [1.165, 1.54) is 44.4 Å². The molecular weight excluding hydrogens is 502 g/mol. The molecule has 1 unspecified atom stereocenters. The standard InChI is InChI=1S/C22H30ClN3O6S2/c1-6-21(26(33(5,28)29)17-8-7-16(2)20(23)15-17)22(27)24-13-14-32-18-9-11-19(12-10-18)34(30,31)25(3)4/h7-12,15,21H,6,13-14H2,1-5H3,(H,24,27). The van der Waals surface area contributed by atoms with Crippen LogP contribution < -0.4 is 14.4 Å². The van der Waals surface area contributed by atoms with Gasteiger partial charge in [-0.3, -0.25) is 9.10 Å². The van der Waals surface area contributed by atoms with Gasteiger partial charge in [0.05, 0.1) is 23.4 Å². The number of ether oxygens (including phenoxy) is 1. The fourth-order valence-electron chi connectivity index (χ4n) is 3.16. The van der Waals surface area contributed by atoms with Gasteiger partial charge >= 0.3 is 0 Å². The summed E-state index contributed by atoms with van der Waals surface area (Å²) in [6.07, 6.45) is 1.28. The lowest BCUT2D eigenvalue weighted by Crippen LogP contribution is -2.50. The van der Waals surface area contributed by atoms with Crippen molar-refractivity contribution in [2.24, 2.45) is 0 Å². The summed E-state index contributed by atoms with van der Waals surface area (Å²) in [7, 11) is -4.40. The summed E-state index contributed by atoms with van der Waals surface area (Å²) in [5.41, 5.74) is 1.10. The Kier molecular flexibility index (Phi) is 9.35. The summed E-state index contributed by atoms with van der Waals surface area (Å²) >= 11 is 6.17. The molecule has 9 nitrogen and oxygen atoms in total. The van der Waals surface area contributed by atoms with Crippen molar-refractivity contribution >= 4 is 43.2 Å². The molecule has 0 radical (unpaired) electrons. The van der Waals surface area contributed by atoms with Gasteiger partial charge in [-0.05, 0) is 55.3 Å². The lowest BCUT2D eigenvalue weighted by atomic mass is 10.1. The molecule has 188 valence electrons. The molecular formula is C22H30ClN3O6S2. The molecule has 0 fully saturated rings. The van der Waals surface area contributed by atoms with Gasteiger partial charge in [0, 0.05) is 19.1 Å². The van der Waals surface area contributed by atoms with Gasteiger partial charge in [-0.1, -0.05) is 24.6 Å². The first-order valence-electron chi connectivity index (χ1n) is 10.5. The average Bonchev–Trinajstić information content (AvgIpc) is 2.76. The minimum atomic E-state index is -3.77. The Morgan fingerprint density at radius 1 is 1.09 bits per heavy atom. The van der Waals surface area contributed by atoms with Gasteiger partial charge in [-0.15, -0.1) is 0 Å². The third-order valence-corrected chi connectivity index (χ3v) is 8.43. The molecule has 0 aromatic heterocycles. The number of nitrogens with zero attached hydrogens (tertiary/aromatic N) is 2. The zero-order chi connectivity index (χ0) is 25.7. The van der Waals surface area contributed by atoms with Crippen molar-refractivity contribution in [1.82, 2.24) is 9.62 Å². The number of sulfonamides is 2. The molecule has 0 bridgehead atoms. The van der Waals surface area contributed by atoms with Crippen molar-refractivity contribution in [3.8, 4) is 5.75 Å². The normalized spacial score (nSPS) is 12.9. The number of halogens is 1. The summed E-state index contributed by atoms with van der Waals surface area (Å²) in [6, 6.07) is 9.80. The van der Waals surface area contributed by atoms with Crippen LogP contribution in [0.2, 0.25) is 5.02 Å². The summed E-state index contributed by atoms with van der Waals surface area (Å²) < 4.78 is 57.0. The average molecular weight is 532 g/mol. The van der Waals surface area contributed by atoms with Crippen LogP contribution in [-0.2, 0) is 24.8 Å². The van der Waals surface area contributed by atoms with Crippen LogP contribution in [0.3, 0.4) is 0 Å². The van der Waals surface area contributed by atoms with E-state index in [1.807, 2.05) is 0 Å². The predicted molar refractivity (Wildman–Crippen MR) is 133 cm³/mol. The molecule has 34 heavy (non-hydrogen) atoms. The Morgan fingerprint density at radius 3 is 2.21 bits per heavy atom. The summed E-state index contributed by atoms with van der Waals surface area (Å²) in [5, 5.41) is 3.10. The zero-order valence-electron chi connectivity index (χ0n) is 19.8. The number of aryl methyl sites for hydroxylation is 1. The van der Waals surface area contributed by atoms with Crippen LogP contribution >= 0.6 is 11.6 Å². The van der Waals surface area contributed by atoms with E-state index in [2.05, 4.69) is 5.32 Å². The molecule has 0 saturated heterocycles. The van der Waals surface area contributed by atoms with E-state index >= 15 is 0 Å². The molecule has 1 N–H and O–H groups in total. The van der Waals surface area contributed by atoms with E-state index in [9.17, 15) is 21.6 Å². The topological polar surface area (TPSA) is 113 Å². The Hall–Kier alpha value is -2.34. The Morgan fingerprint density at radius 2 is 1.71 bits per heavy atom. The van der Waals surface area contributed by atoms with Crippen LogP contribution in [-0.4, -0.2) is 66.6 Å². The number of carbonyl (C=O) groups excluding carboxylic acids is 1. The summed E-state index contributed by atoms with van der Waals surface area (Å²) in [4.78, 5) is 13.0. The first-order chi connectivity index (χ1) is 15.8. The maximum absolute atomic E-state index is 12.8. The molecule has 2 aromatic rings. The number of benzene rings is 2. The van der Waals surface area contributed by atoms with Gasteiger partial charge < -0.3 is 10.1 Å². The second-order valence-electron chi connectivity index (χ2n) is 7.81. The lowest BCUT2D eigenvalue weighted by Gasteiger charge is -2.30. The van der Waals surface area contributed by atoms with Crippen LogP contribution in [0.1, 0.15) is 18.9 Å². The van der Waals surface area contributed by atoms with Crippen molar-refractivity contribution in [2.45, 2.75) is 31.2 Å². The number of rotatable bonds is 11. The molecule has 2 rings (SSSR count). The highest BCUT2D eigenvalue weighted by Gasteiger charge is 2.31. The summed E-state index contributed by atoms with van der Waals surface area (Å²) in [6.45, 7) is 3.75. The number of hydrogen-bond acceptors (Lipinski definition) is 6. The molecule has 0 aliphatic carbocycles. The molecule has 12 heteroatoms. The highest BCUT2D eigenvalue weighted by Crippen LogP contribution is 2.27. The van der Waals surface area contributed by atoms with Gasteiger partial charge in [-0.25, -0.2) is 21.1 Å². The zero-order valence-corrected chi connectivity index (χ0v) is 22.2. The van der Waals surface area contributed by atoms with E-state index in [-0.39, 0.29) is 24.5 Å². The number of hydrogen-bond donors (Lipinski definition) is 1. The smallest absolute Gasteiger partial charge is 0.244 e. The van der Waals surface area contributed by atoms with Crippen molar-refractivity contribution in [1.29, 1.82) is 0 Å². The fourth-order valence-corrected chi connectivity index (χ4v) is 5.44. The van der Waals surface area contributed by atoms with Gasteiger partial charge in [0.25, 0.3) is 0 Å². The van der Waals surface area contributed by atoms with Crippen molar-refractivity contribution in [3.05, 3.63) is 53.1 Å². The van der Waals surface area contributed by atoms with Gasteiger partial charge in [0.15, 0.2) is 0 Å².